The van der Waals surface area contributed by atoms with Gasteiger partial charge >= 0.3 is 0 Å². The van der Waals surface area contributed by atoms with Gasteiger partial charge in [0.15, 0.2) is 8.07 Å². The van der Waals surface area contributed by atoms with Crippen LogP contribution in [0.2, 0.25) is 0 Å². The summed E-state index contributed by atoms with van der Waals surface area (Å²) in [6.45, 7) is 24.0. The first-order valence-corrected chi connectivity index (χ1v) is 28.7. The molecule has 0 aliphatic carbocycles. The summed E-state index contributed by atoms with van der Waals surface area (Å²) in [5.41, 5.74) is 11.7. The van der Waals surface area contributed by atoms with Crippen molar-refractivity contribution in [2.75, 3.05) is 16.5 Å². The molecule has 8 aromatic carbocycles. The number of aromatic nitrogens is 2. The number of hydrogen-bond donors (Lipinski definition) is 0. The van der Waals surface area contributed by atoms with Gasteiger partial charge in [-0.15, -0.1) is 0 Å². The summed E-state index contributed by atoms with van der Waals surface area (Å²) in [5, 5.41) is 7.77. The molecule has 1 aliphatic rings. The number of para-hydroxylation sites is 1. The molecule has 2 aromatic heterocycles. The molecule has 0 atom stereocenters. The predicted octanol–water partition coefficient (Wildman–Crippen LogP) is 14.7. The van der Waals surface area contributed by atoms with E-state index in [0.29, 0.717) is 6.67 Å². The molecule has 0 bridgehead atoms. The molecule has 374 valence electrons. The minimum absolute atomic E-state index is 0.0325. The van der Waals surface area contributed by atoms with Crippen LogP contribution in [-0.4, -0.2) is 24.3 Å². The van der Waals surface area contributed by atoms with E-state index in [9.17, 15) is 0 Å². The molecule has 3 heterocycles. The first-order chi connectivity index (χ1) is 36.0. The molecule has 0 fully saturated rings. The second-order valence-corrected chi connectivity index (χ2v) is 27.6. The molecule has 1 aliphatic heterocycles. The molecule has 0 unspecified atom stereocenters. The molecule has 75 heavy (non-hydrogen) atoms. The molecule has 5 heteroatoms. The lowest BCUT2D eigenvalue weighted by Crippen LogP contribution is -2.74. The molecule has 10 aromatic rings. The van der Waals surface area contributed by atoms with Gasteiger partial charge < -0.3 is 9.80 Å². The van der Waals surface area contributed by atoms with Crippen molar-refractivity contribution in [2.24, 2.45) is 5.41 Å². The van der Waals surface area contributed by atoms with Crippen LogP contribution < -0.4 is 30.5 Å². The van der Waals surface area contributed by atoms with E-state index in [0.717, 1.165) is 16.9 Å². The second-order valence-electron chi connectivity index (χ2n) is 23.8. The summed E-state index contributed by atoms with van der Waals surface area (Å²) in [6, 6.07) is 82.2. The van der Waals surface area contributed by atoms with Crippen molar-refractivity contribution < 1.29 is 0 Å². The first-order valence-electron chi connectivity index (χ1n) is 26.7. The minimum Gasteiger partial charge on any atom is -0.328 e. The van der Waals surface area contributed by atoms with Crippen LogP contribution in [0.15, 0.2) is 236 Å². The molecular formula is C70H70N4Si. The van der Waals surface area contributed by atoms with Gasteiger partial charge in [-0.3, -0.25) is 4.57 Å². The van der Waals surface area contributed by atoms with E-state index in [-0.39, 0.29) is 21.7 Å². The minimum atomic E-state index is -3.08. The maximum absolute atomic E-state index is 5.09. The van der Waals surface area contributed by atoms with Crippen LogP contribution in [0.3, 0.4) is 0 Å². The maximum atomic E-state index is 5.09. The summed E-state index contributed by atoms with van der Waals surface area (Å²) in [7, 11) is -3.08. The molecule has 0 spiro atoms. The summed E-state index contributed by atoms with van der Waals surface area (Å²) < 4.78 is 2.40. The predicted molar refractivity (Wildman–Crippen MR) is 322 cm³/mol. The van der Waals surface area contributed by atoms with Crippen molar-refractivity contribution >= 4 is 62.0 Å². The molecule has 0 saturated heterocycles. The Bertz CT molecular complexity index is 3600. The van der Waals surface area contributed by atoms with Crippen LogP contribution >= 0.6 is 0 Å². The Morgan fingerprint density at radius 3 is 1.48 bits per heavy atom. The van der Waals surface area contributed by atoms with E-state index in [1.807, 2.05) is 6.20 Å². The lowest BCUT2D eigenvalue weighted by Gasteiger charge is -2.36. The van der Waals surface area contributed by atoms with Gasteiger partial charge in [-0.05, 0) is 103 Å². The summed E-state index contributed by atoms with van der Waals surface area (Å²) in [5.74, 6) is 0.935. The zero-order valence-electron chi connectivity index (χ0n) is 45.4. The number of pyridine rings is 1. The van der Waals surface area contributed by atoms with Crippen molar-refractivity contribution in [1.29, 1.82) is 0 Å². The Labute approximate surface area is 446 Å². The van der Waals surface area contributed by atoms with Crippen molar-refractivity contribution in [3.05, 3.63) is 264 Å². The molecular weight excluding hydrogens is 925 g/mol. The fourth-order valence-electron chi connectivity index (χ4n) is 11.7. The van der Waals surface area contributed by atoms with Gasteiger partial charge in [0, 0.05) is 56.5 Å². The van der Waals surface area contributed by atoms with Crippen LogP contribution in [0, 0.1) is 5.41 Å². The van der Waals surface area contributed by atoms with Crippen molar-refractivity contribution in [1.82, 2.24) is 9.55 Å². The number of anilines is 2. The highest BCUT2D eigenvalue weighted by Gasteiger charge is 2.43. The highest BCUT2D eigenvalue weighted by atomic mass is 28.3. The van der Waals surface area contributed by atoms with E-state index < -0.39 is 8.07 Å². The molecule has 0 N–H and O–H groups in total. The molecule has 11 rings (SSSR count). The first kappa shape index (κ1) is 49.5. The molecule has 0 saturated carbocycles. The quantitative estimate of drug-likeness (QED) is 0.0953. The van der Waals surface area contributed by atoms with Crippen LogP contribution in [0.4, 0.5) is 11.4 Å². The molecule has 4 nitrogen and oxygen atoms in total. The van der Waals surface area contributed by atoms with Crippen molar-refractivity contribution in [3.8, 4) is 5.82 Å². The topological polar surface area (TPSA) is 24.3 Å². The van der Waals surface area contributed by atoms with Crippen LogP contribution in [-0.2, 0) is 16.2 Å². The van der Waals surface area contributed by atoms with E-state index in [1.54, 1.807) is 0 Å². The Hall–Kier alpha value is -7.73. The number of rotatable bonds is 11. The van der Waals surface area contributed by atoms with Gasteiger partial charge in [-0.25, -0.2) is 4.98 Å². The van der Waals surface area contributed by atoms with E-state index in [1.165, 1.54) is 76.4 Å². The van der Waals surface area contributed by atoms with Gasteiger partial charge in [-0.1, -0.05) is 239 Å². The van der Waals surface area contributed by atoms with Gasteiger partial charge in [0.05, 0.1) is 17.7 Å². The van der Waals surface area contributed by atoms with Gasteiger partial charge in [0.25, 0.3) is 0 Å². The average molecular weight is 995 g/mol. The third-order valence-corrected chi connectivity index (χ3v) is 21.0. The highest BCUT2D eigenvalue weighted by molar-refractivity contribution is 7.20. The number of nitrogens with zero attached hydrogens (tertiary/aromatic N) is 4. The zero-order valence-corrected chi connectivity index (χ0v) is 46.4. The van der Waals surface area contributed by atoms with E-state index in [2.05, 4.69) is 308 Å². The van der Waals surface area contributed by atoms with E-state index in [4.69, 9.17) is 4.98 Å². The Morgan fingerprint density at radius 1 is 0.387 bits per heavy atom. The number of hydrogen-bond acceptors (Lipinski definition) is 3. The van der Waals surface area contributed by atoms with Crippen molar-refractivity contribution in [2.45, 2.75) is 85.5 Å². The maximum Gasteiger partial charge on any atom is 0.179 e. The number of benzene rings is 8. The third kappa shape index (κ3) is 8.81. The summed E-state index contributed by atoms with van der Waals surface area (Å²) in [6.07, 6.45) is 4.40. The standard InChI is InChI=1S/C70H70N4Si/c1-67(2,3)52-40-41-71-66(45-52)74-63-37-24-23-36-61(63)62-39-38-60(47-64(62)74)75(57-31-19-13-20-32-57,58-33-21-14-22-34-58)59-35-25-30-55(46-59)73-49-72(48-65(73)68(4,5)6)56-43-53(69(7,8)50-26-15-11-16-27-50)42-54(44-56)70(9,10)51-28-17-12-18-29-51/h11-48H,49H2,1-10H3. The number of allylic oxidation sites excluding steroid dienone is 1. The van der Waals surface area contributed by atoms with Crippen LogP contribution in [0.1, 0.15) is 97.1 Å². The Kier molecular flexibility index (Phi) is 12.5. The van der Waals surface area contributed by atoms with Crippen LogP contribution in [0.5, 0.6) is 0 Å². The van der Waals surface area contributed by atoms with Gasteiger partial charge in [-0.2, -0.15) is 0 Å². The number of fused-ring (bicyclic) bond motifs is 3. The second kappa shape index (κ2) is 18.9. The fourth-order valence-corrected chi connectivity index (χ4v) is 16.5. The van der Waals surface area contributed by atoms with Gasteiger partial charge in [0.2, 0.25) is 0 Å². The zero-order chi connectivity index (χ0) is 52.3. The third-order valence-electron chi connectivity index (χ3n) is 16.3. The summed E-state index contributed by atoms with van der Waals surface area (Å²) >= 11 is 0. The molecule has 0 amide bonds. The highest BCUT2D eigenvalue weighted by Crippen LogP contribution is 2.43. The monoisotopic (exact) mass is 995 g/mol. The lowest BCUT2D eigenvalue weighted by atomic mass is 9.73. The average Bonchev–Trinajstić information content (AvgIpc) is 4.04. The fraction of sp³-hybridized carbons (Fsp3) is 0.214. The normalized spacial score (nSPS) is 13.7. The Balaban J connectivity index is 1.10. The van der Waals surface area contributed by atoms with E-state index >= 15 is 0 Å². The smallest absolute Gasteiger partial charge is 0.179 e. The van der Waals surface area contributed by atoms with Gasteiger partial charge in [0.1, 0.15) is 5.82 Å². The van der Waals surface area contributed by atoms with Crippen LogP contribution in [0.25, 0.3) is 27.6 Å². The molecule has 0 radical (unpaired) electrons. The van der Waals surface area contributed by atoms with Crippen molar-refractivity contribution in [3.63, 3.8) is 0 Å². The largest absolute Gasteiger partial charge is 0.328 e. The Morgan fingerprint density at radius 2 is 0.907 bits per heavy atom. The summed E-state index contributed by atoms with van der Waals surface area (Å²) in [4.78, 5) is 10.2. The SMILES string of the molecule is CC(C)(C)C1=CN(c2cc(C(C)(C)c3ccccc3)cc(C(C)(C)c3ccccc3)c2)CN1c1cccc([Si](c2ccccc2)(c2ccccc2)c2ccc3c4ccccc4n(-c4cc(C(C)(C)C)ccn4)c3c2)c1. The lowest BCUT2D eigenvalue weighted by molar-refractivity contribution is 0.492.